The number of carbonyl (C=O) groups is 1. The zero-order valence-electron chi connectivity index (χ0n) is 11.1. The molecule has 0 spiro atoms. The van der Waals surface area contributed by atoms with Crippen LogP contribution in [0.1, 0.15) is 28.6 Å². The van der Waals surface area contributed by atoms with Crippen LogP contribution in [-0.4, -0.2) is 16.1 Å². The van der Waals surface area contributed by atoms with Gasteiger partial charge in [-0.15, -0.1) is 11.3 Å². The summed E-state index contributed by atoms with van der Waals surface area (Å²) in [6, 6.07) is 9.91. The number of aromatic nitrogens is 2. The van der Waals surface area contributed by atoms with E-state index in [0.717, 1.165) is 28.0 Å². The first kappa shape index (κ1) is 12.9. The van der Waals surface area contributed by atoms with E-state index >= 15 is 0 Å². The average molecular weight is 285 g/mol. The fourth-order valence-electron chi connectivity index (χ4n) is 2.28. The fourth-order valence-corrected chi connectivity index (χ4v) is 3.43. The number of hydrogen-bond donors (Lipinski definition) is 2. The number of aromatic amines is 1. The summed E-state index contributed by atoms with van der Waals surface area (Å²) < 4.78 is 1.16. The number of H-pyrrole nitrogens is 1. The molecule has 0 aliphatic carbocycles. The molecule has 0 aliphatic heterocycles. The molecule has 0 bridgehead atoms. The van der Waals surface area contributed by atoms with Crippen molar-refractivity contribution in [3.05, 3.63) is 47.0 Å². The molecule has 102 valence electrons. The molecule has 3 rings (SSSR count). The topological polar surface area (TPSA) is 57.8 Å². The standard InChI is InChI=1S/C15H15N3OS/c1-2-5-11-10-6-3-4-7-12(10)20-14(11)15(19)17-13-8-9-16-18-13/h3-4,6-9H,2,5H2,1H3,(H2,16,17,18,19). The number of benzene rings is 1. The van der Waals surface area contributed by atoms with Gasteiger partial charge in [-0.1, -0.05) is 31.5 Å². The summed E-state index contributed by atoms with van der Waals surface area (Å²) in [6.45, 7) is 2.13. The molecule has 0 fully saturated rings. The zero-order valence-corrected chi connectivity index (χ0v) is 12.0. The Balaban J connectivity index is 2.01. The van der Waals surface area contributed by atoms with E-state index in [4.69, 9.17) is 0 Å². The summed E-state index contributed by atoms with van der Waals surface area (Å²) in [5, 5.41) is 10.6. The third kappa shape index (κ3) is 2.32. The molecule has 0 aliphatic rings. The molecular formula is C15H15N3OS. The summed E-state index contributed by atoms with van der Waals surface area (Å²) in [5.41, 5.74) is 1.14. The smallest absolute Gasteiger partial charge is 0.267 e. The van der Waals surface area contributed by atoms with E-state index < -0.39 is 0 Å². The van der Waals surface area contributed by atoms with Gasteiger partial charge in [-0.25, -0.2) is 0 Å². The second-order valence-electron chi connectivity index (χ2n) is 4.58. The van der Waals surface area contributed by atoms with Gasteiger partial charge >= 0.3 is 0 Å². The molecule has 0 saturated carbocycles. The van der Waals surface area contributed by atoms with Gasteiger partial charge in [0, 0.05) is 10.8 Å². The van der Waals surface area contributed by atoms with Crippen LogP contribution in [0.4, 0.5) is 5.82 Å². The van der Waals surface area contributed by atoms with E-state index in [2.05, 4.69) is 34.6 Å². The Kier molecular flexibility index (Phi) is 3.52. The Labute approximate surface area is 120 Å². The van der Waals surface area contributed by atoms with E-state index in [-0.39, 0.29) is 5.91 Å². The van der Waals surface area contributed by atoms with Crippen molar-refractivity contribution in [2.75, 3.05) is 5.32 Å². The van der Waals surface area contributed by atoms with Gasteiger partial charge in [-0.3, -0.25) is 9.89 Å². The van der Waals surface area contributed by atoms with Crippen LogP contribution in [0.15, 0.2) is 36.5 Å². The maximum absolute atomic E-state index is 12.4. The molecule has 1 amide bonds. The number of amides is 1. The maximum atomic E-state index is 12.4. The average Bonchev–Trinajstić information content (AvgIpc) is 3.07. The number of rotatable bonds is 4. The van der Waals surface area contributed by atoms with Crippen LogP contribution in [0.5, 0.6) is 0 Å². The van der Waals surface area contributed by atoms with Crippen LogP contribution in [0.2, 0.25) is 0 Å². The first-order chi connectivity index (χ1) is 9.79. The normalized spacial score (nSPS) is 10.8. The number of fused-ring (bicyclic) bond motifs is 1. The van der Waals surface area contributed by atoms with Crippen molar-refractivity contribution >= 4 is 33.1 Å². The molecule has 2 aromatic heterocycles. The summed E-state index contributed by atoms with van der Waals surface area (Å²) in [6.07, 6.45) is 3.55. The van der Waals surface area contributed by atoms with Gasteiger partial charge in [-0.2, -0.15) is 5.10 Å². The molecule has 2 heterocycles. The van der Waals surface area contributed by atoms with Crippen LogP contribution in [0, 0.1) is 0 Å². The quantitative estimate of drug-likeness (QED) is 0.765. The molecular weight excluding hydrogens is 270 g/mol. The van der Waals surface area contributed by atoms with Crippen LogP contribution < -0.4 is 5.32 Å². The van der Waals surface area contributed by atoms with Crippen LogP contribution in [-0.2, 0) is 6.42 Å². The molecule has 4 nitrogen and oxygen atoms in total. The Morgan fingerprint density at radius 3 is 2.95 bits per heavy atom. The van der Waals surface area contributed by atoms with Crippen LogP contribution in [0.3, 0.4) is 0 Å². The molecule has 0 saturated heterocycles. The van der Waals surface area contributed by atoms with Gasteiger partial charge in [0.1, 0.15) is 5.82 Å². The van der Waals surface area contributed by atoms with Crippen LogP contribution >= 0.6 is 11.3 Å². The summed E-state index contributed by atoms with van der Waals surface area (Å²) in [7, 11) is 0. The third-order valence-electron chi connectivity index (χ3n) is 3.15. The van der Waals surface area contributed by atoms with Crippen molar-refractivity contribution in [2.45, 2.75) is 19.8 Å². The van der Waals surface area contributed by atoms with Crippen molar-refractivity contribution in [1.29, 1.82) is 0 Å². The first-order valence-electron chi connectivity index (χ1n) is 6.60. The van der Waals surface area contributed by atoms with Gasteiger partial charge in [0.15, 0.2) is 0 Å². The lowest BCUT2D eigenvalue weighted by atomic mass is 10.1. The lowest BCUT2D eigenvalue weighted by Gasteiger charge is -2.03. The van der Waals surface area contributed by atoms with E-state index in [0.29, 0.717) is 5.82 Å². The minimum atomic E-state index is -0.0705. The summed E-state index contributed by atoms with van der Waals surface area (Å²) in [5.74, 6) is 0.550. The predicted octanol–water partition coefficient (Wildman–Crippen LogP) is 3.83. The molecule has 0 radical (unpaired) electrons. The van der Waals surface area contributed by atoms with E-state index in [1.165, 1.54) is 5.39 Å². The van der Waals surface area contributed by atoms with E-state index in [1.807, 2.05) is 12.1 Å². The highest BCUT2D eigenvalue weighted by Gasteiger charge is 2.17. The molecule has 20 heavy (non-hydrogen) atoms. The van der Waals surface area contributed by atoms with Crippen molar-refractivity contribution in [3.63, 3.8) is 0 Å². The van der Waals surface area contributed by atoms with Gasteiger partial charge in [0.05, 0.1) is 11.1 Å². The van der Waals surface area contributed by atoms with Gasteiger partial charge < -0.3 is 5.32 Å². The molecule has 0 unspecified atom stereocenters. The second-order valence-corrected chi connectivity index (χ2v) is 5.63. The first-order valence-corrected chi connectivity index (χ1v) is 7.42. The highest BCUT2D eigenvalue weighted by Crippen LogP contribution is 2.32. The Bertz CT molecular complexity index is 731. The molecule has 1 aromatic carbocycles. The largest absolute Gasteiger partial charge is 0.306 e. The molecule has 3 aromatic rings. The van der Waals surface area contributed by atoms with Crippen molar-refractivity contribution in [3.8, 4) is 0 Å². The number of nitrogens with zero attached hydrogens (tertiary/aromatic N) is 1. The van der Waals surface area contributed by atoms with Crippen molar-refractivity contribution in [2.24, 2.45) is 0 Å². The fraction of sp³-hybridized carbons (Fsp3) is 0.200. The van der Waals surface area contributed by atoms with E-state index in [9.17, 15) is 4.79 Å². The zero-order chi connectivity index (χ0) is 13.9. The van der Waals surface area contributed by atoms with Crippen molar-refractivity contribution < 1.29 is 4.79 Å². The van der Waals surface area contributed by atoms with Crippen molar-refractivity contribution in [1.82, 2.24) is 10.2 Å². The van der Waals surface area contributed by atoms with Gasteiger partial charge in [0.2, 0.25) is 0 Å². The number of thiophene rings is 1. The molecule has 2 N–H and O–H groups in total. The highest BCUT2D eigenvalue weighted by molar-refractivity contribution is 7.21. The molecule has 5 heteroatoms. The van der Waals surface area contributed by atoms with Crippen LogP contribution in [0.25, 0.3) is 10.1 Å². The van der Waals surface area contributed by atoms with Gasteiger partial charge in [0.25, 0.3) is 5.91 Å². The van der Waals surface area contributed by atoms with E-state index in [1.54, 1.807) is 23.6 Å². The maximum Gasteiger partial charge on any atom is 0.267 e. The Hall–Kier alpha value is -2.14. The Morgan fingerprint density at radius 1 is 1.35 bits per heavy atom. The SMILES string of the molecule is CCCc1c(C(=O)Nc2ccn[nH]2)sc2ccccc12. The number of anilines is 1. The lowest BCUT2D eigenvalue weighted by molar-refractivity contribution is 0.102. The minimum Gasteiger partial charge on any atom is -0.306 e. The monoisotopic (exact) mass is 285 g/mol. The summed E-state index contributed by atoms with van der Waals surface area (Å²) in [4.78, 5) is 13.2. The molecule has 0 atom stereocenters. The minimum absolute atomic E-state index is 0.0705. The predicted molar refractivity (Wildman–Crippen MR) is 82.4 cm³/mol. The lowest BCUT2D eigenvalue weighted by Crippen LogP contribution is -2.12. The number of nitrogens with one attached hydrogen (secondary N) is 2. The Morgan fingerprint density at radius 2 is 2.20 bits per heavy atom. The second kappa shape index (κ2) is 5.46. The number of carbonyl (C=O) groups excluding carboxylic acids is 1. The third-order valence-corrected chi connectivity index (χ3v) is 4.37. The number of hydrogen-bond acceptors (Lipinski definition) is 3. The number of aryl methyl sites for hydroxylation is 1. The highest BCUT2D eigenvalue weighted by atomic mass is 32.1. The summed E-state index contributed by atoms with van der Waals surface area (Å²) >= 11 is 1.55. The van der Waals surface area contributed by atoms with Gasteiger partial charge in [-0.05, 0) is 23.4 Å².